The summed E-state index contributed by atoms with van der Waals surface area (Å²) in [5, 5.41) is 15.1. The summed E-state index contributed by atoms with van der Waals surface area (Å²) in [6.45, 7) is 4.80. The molecule has 0 saturated heterocycles. The standard InChI is InChI=1S/C10H16ClN3O3/c1-7(2)4-5-13-10(11)9(14(15)16)8(12-13)6-17-3/h7H,4-6H2,1-3H3. The lowest BCUT2D eigenvalue weighted by atomic mass is 10.1. The first-order chi connectivity index (χ1) is 7.97. The minimum Gasteiger partial charge on any atom is -0.378 e. The van der Waals surface area contributed by atoms with Crippen molar-refractivity contribution in [1.82, 2.24) is 9.78 Å². The summed E-state index contributed by atoms with van der Waals surface area (Å²) in [6, 6.07) is 0. The summed E-state index contributed by atoms with van der Waals surface area (Å²) in [4.78, 5) is 10.4. The first-order valence-corrected chi connectivity index (χ1v) is 5.73. The zero-order chi connectivity index (χ0) is 13.0. The molecule has 0 unspecified atom stereocenters. The number of methoxy groups -OCH3 is 1. The molecule has 0 spiro atoms. The molecule has 1 aromatic rings. The summed E-state index contributed by atoms with van der Waals surface area (Å²) >= 11 is 5.95. The predicted octanol–water partition coefficient (Wildman–Crippen LogP) is 2.64. The first-order valence-electron chi connectivity index (χ1n) is 5.35. The third-order valence-electron chi connectivity index (χ3n) is 2.32. The van der Waals surface area contributed by atoms with Crippen LogP contribution in [0.4, 0.5) is 5.69 Å². The van der Waals surface area contributed by atoms with Crippen LogP contribution in [0.15, 0.2) is 0 Å². The van der Waals surface area contributed by atoms with Crippen LogP contribution in [0.1, 0.15) is 26.0 Å². The highest BCUT2D eigenvalue weighted by Crippen LogP contribution is 2.29. The van der Waals surface area contributed by atoms with E-state index in [9.17, 15) is 10.1 Å². The Kier molecular flexibility index (Phi) is 4.89. The van der Waals surface area contributed by atoms with Gasteiger partial charge in [0.1, 0.15) is 0 Å². The van der Waals surface area contributed by atoms with Gasteiger partial charge in [0.2, 0.25) is 5.15 Å². The van der Waals surface area contributed by atoms with Crippen LogP contribution in [-0.2, 0) is 17.9 Å². The van der Waals surface area contributed by atoms with Crippen molar-refractivity contribution in [2.75, 3.05) is 7.11 Å². The SMILES string of the molecule is COCc1nn(CCC(C)C)c(Cl)c1[N+](=O)[O-]. The minimum atomic E-state index is -0.518. The van der Waals surface area contributed by atoms with Crippen molar-refractivity contribution in [1.29, 1.82) is 0 Å². The van der Waals surface area contributed by atoms with Gasteiger partial charge in [0, 0.05) is 13.7 Å². The summed E-state index contributed by atoms with van der Waals surface area (Å²) in [5.41, 5.74) is 0.114. The van der Waals surface area contributed by atoms with Crippen molar-refractivity contribution in [2.45, 2.75) is 33.4 Å². The van der Waals surface area contributed by atoms with Gasteiger partial charge in [-0.15, -0.1) is 0 Å². The molecule has 0 aromatic carbocycles. The van der Waals surface area contributed by atoms with Crippen LogP contribution in [0, 0.1) is 16.0 Å². The van der Waals surface area contributed by atoms with Gasteiger partial charge >= 0.3 is 5.69 Å². The van der Waals surface area contributed by atoms with Crippen molar-refractivity contribution in [3.8, 4) is 0 Å². The molecule has 0 N–H and O–H groups in total. The van der Waals surface area contributed by atoms with E-state index >= 15 is 0 Å². The quantitative estimate of drug-likeness (QED) is 0.583. The largest absolute Gasteiger partial charge is 0.378 e. The molecule has 17 heavy (non-hydrogen) atoms. The summed E-state index contributed by atoms with van der Waals surface area (Å²) < 4.78 is 6.34. The Bertz CT molecular complexity index is 404. The van der Waals surface area contributed by atoms with E-state index in [1.165, 1.54) is 11.8 Å². The zero-order valence-corrected chi connectivity index (χ0v) is 10.9. The van der Waals surface area contributed by atoms with E-state index in [1.54, 1.807) is 0 Å². The second-order valence-corrected chi connectivity index (χ2v) is 4.54. The molecule has 1 aromatic heterocycles. The fourth-order valence-electron chi connectivity index (χ4n) is 1.42. The van der Waals surface area contributed by atoms with Crippen LogP contribution in [0.25, 0.3) is 0 Å². The van der Waals surface area contributed by atoms with Gasteiger partial charge in [0.05, 0.1) is 11.5 Å². The topological polar surface area (TPSA) is 70.2 Å². The molecular formula is C10H16ClN3O3. The van der Waals surface area contributed by atoms with Crippen LogP contribution >= 0.6 is 11.6 Å². The molecule has 0 fully saturated rings. The molecule has 6 nitrogen and oxygen atoms in total. The Hall–Kier alpha value is -1.14. The highest BCUT2D eigenvalue weighted by molar-refractivity contribution is 6.31. The van der Waals surface area contributed by atoms with Gasteiger partial charge in [-0.3, -0.25) is 10.1 Å². The van der Waals surface area contributed by atoms with Gasteiger partial charge in [-0.2, -0.15) is 5.10 Å². The number of nitro groups is 1. The van der Waals surface area contributed by atoms with Crippen LogP contribution in [0.5, 0.6) is 0 Å². The Balaban J connectivity index is 2.99. The lowest BCUT2D eigenvalue weighted by Gasteiger charge is -2.04. The highest BCUT2D eigenvalue weighted by atomic mass is 35.5. The van der Waals surface area contributed by atoms with Gasteiger partial charge < -0.3 is 4.74 Å². The lowest BCUT2D eigenvalue weighted by molar-refractivity contribution is -0.385. The maximum Gasteiger partial charge on any atom is 0.331 e. The maximum atomic E-state index is 10.9. The van der Waals surface area contributed by atoms with Crippen molar-refractivity contribution in [3.63, 3.8) is 0 Å². The third-order valence-corrected chi connectivity index (χ3v) is 2.69. The molecule has 0 saturated carbocycles. The molecule has 0 aliphatic carbocycles. The van der Waals surface area contributed by atoms with Gasteiger partial charge in [-0.1, -0.05) is 25.4 Å². The van der Waals surface area contributed by atoms with E-state index in [0.29, 0.717) is 12.5 Å². The summed E-state index contributed by atoms with van der Waals surface area (Å²) in [6.07, 6.45) is 0.866. The van der Waals surface area contributed by atoms with Gasteiger partial charge in [0.25, 0.3) is 0 Å². The Morgan fingerprint density at radius 3 is 2.71 bits per heavy atom. The molecule has 0 bridgehead atoms. The van der Waals surface area contributed by atoms with Crippen LogP contribution in [0.2, 0.25) is 5.15 Å². The van der Waals surface area contributed by atoms with Crippen molar-refractivity contribution >= 4 is 17.3 Å². The first kappa shape index (κ1) is 13.9. The molecule has 1 heterocycles. The van der Waals surface area contributed by atoms with Gasteiger partial charge in [-0.25, -0.2) is 4.68 Å². The fourth-order valence-corrected chi connectivity index (χ4v) is 1.72. The van der Waals surface area contributed by atoms with E-state index in [4.69, 9.17) is 16.3 Å². The normalized spacial score (nSPS) is 11.1. The number of aromatic nitrogens is 2. The third kappa shape index (κ3) is 3.41. The van der Waals surface area contributed by atoms with E-state index in [0.717, 1.165) is 6.42 Å². The monoisotopic (exact) mass is 261 g/mol. The number of ether oxygens (including phenoxy) is 1. The van der Waals surface area contributed by atoms with E-state index in [2.05, 4.69) is 18.9 Å². The highest BCUT2D eigenvalue weighted by Gasteiger charge is 2.26. The molecular weight excluding hydrogens is 246 g/mol. The maximum absolute atomic E-state index is 10.9. The van der Waals surface area contributed by atoms with Crippen LogP contribution in [-0.4, -0.2) is 21.8 Å². The molecule has 0 radical (unpaired) electrons. The number of halogens is 1. The number of nitrogens with zero attached hydrogens (tertiary/aromatic N) is 3. The second-order valence-electron chi connectivity index (χ2n) is 4.18. The number of hydrogen-bond donors (Lipinski definition) is 0. The van der Waals surface area contributed by atoms with Crippen molar-refractivity contribution in [2.24, 2.45) is 5.92 Å². The number of aryl methyl sites for hydroxylation is 1. The smallest absolute Gasteiger partial charge is 0.331 e. The number of hydrogen-bond acceptors (Lipinski definition) is 4. The minimum absolute atomic E-state index is 0.0719. The molecule has 7 heteroatoms. The zero-order valence-electron chi connectivity index (χ0n) is 10.1. The van der Waals surface area contributed by atoms with Crippen molar-refractivity contribution < 1.29 is 9.66 Å². The average Bonchev–Trinajstić information content (AvgIpc) is 2.52. The average molecular weight is 262 g/mol. The second kappa shape index (κ2) is 5.97. The molecule has 0 atom stereocenters. The molecule has 0 aliphatic rings. The lowest BCUT2D eigenvalue weighted by Crippen LogP contribution is -2.04. The molecule has 0 aliphatic heterocycles. The Morgan fingerprint density at radius 1 is 1.59 bits per heavy atom. The fraction of sp³-hybridized carbons (Fsp3) is 0.700. The van der Waals surface area contributed by atoms with Crippen molar-refractivity contribution in [3.05, 3.63) is 21.0 Å². The van der Waals surface area contributed by atoms with E-state index in [1.807, 2.05) is 0 Å². The summed E-state index contributed by atoms with van der Waals surface area (Å²) in [7, 11) is 1.46. The Morgan fingerprint density at radius 2 is 2.24 bits per heavy atom. The summed E-state index contributed by atoms with van der Waals surface area (Å²) in [5.74, 6) is 0.486. The van der Waals surface area contributed by atoms with Gasteiger partial charge in [0.15, 0.2) is 5.69 Å². The molecule has 96 valence electrons. The van der Waals surface area contributed by atoms with Crippen LogP contribution < -0.4 is 0 Å². The van der Waals surface area contributed by atoms with E-state index in [-0.39, 0.29) is 23.1 Å². The predicted molar refractivity (Wildman–Crippen MR) is 64.1 cm³/mol. The van der Waals surface area contributed by atoms with E-state index < -0.39 is 4.92 Å². The van der Waals surface area contributed by atoms with Gasteiger partial charge in [-0.05, 0) is 12.3 Å². The molecule has 0 amide bonds. The molecule has 1 rings (SSSR count). The van der Waals surface area contributed by atoms with Crippen LogP contribution in [0.3, 0.4) is 0 Å². The number of rotatable bonds is 6. The Labute approximate surface area is 105 Å².